The predicted molar refractivity (Wildman–Crippen MR) is 112 cm³/mol. The quantitative estimate of drug-likeness (QED) is 0.671. The number of amides is 1. The first-order chi connectivity index (χ1) is 16.4. The van der Waals surface area contributed by atoms with Gasteiger partial charge in [-0.15, -0.1) is 0 Å². The van der Waals surface area contributed by atoms with E-state index in [-0.39, 0.29) is 17.9 Å². The summed E-state index contributed by atoms with van der Waals surface area (Å²) in [6.07, 6.45) is 6.95. The normalized spacial score (nSPS) is 23.5. The number of rotatable bonds is 5. The van der Waals surface area contributed by atoms with Gasteiger partial charge in [-0.1, -0.05) is 13.7 Å². The second-order valence-corrected chi connectivity index (χ2v) is 7.37. The maximum atomic E-state index is 12.9. The van der Waals surface area contributed by atoms with Crippen molar-refractivity contribution in [1.29, 1.82) is 0 Å². The van der Waals surface area contributed by atoms with Crippen molar-refractivity contribution in [2.45, 2.75) is 58.4 Å². The fourth-order valence-corrected chi connectivity index (χ4v) is 3.72. The lowest BCUT2D eigenvalue weighted by Gasteiger charge is -2.29. The summed E-state index contributed by atoms with van der Waals surface area (Å²) < 4.78 is 50.8. The number of hydrogen-bond acceptors (Lipinski definition) is 6. The SMILES string of the molecule is [2H]C([2H])([2H])C(N[C@H]1CC[C@H](C(=O)Nc2cc3cc(-c4cnc(C)o4)cnc3cn2)CC1)C([2H])([2H])[2H]. The predicted octanol–water partition coefficient (Wildman–Crippen LogP) is 4.09. The first kappa shape index (κ1) is 13.4. The van der Waals surface area contributed by atoms with E-state index in [2.05, 4.69) is 25.6 Å². The Kier molecular flexibility index (Phi) is 3.84. The van der Waals surface area contributed by atoms with Crippen LogP contribution in [0.2, 0.25) is 0 Å². The first-order valence-corrected chi connectivity index (χ1v) is 9.65. The van der Waals surface area contributed by atoms with E-state index < -0.39 is 19.7 Å². The second kappa shape index (κ2) is 8.29. The Morgan fingerprint density at radius 2 is 1.97 bits per heavy atom. The van der Waals surface area contributed by atoms with Gasteiger partial charge in [-0.25, -0.2) is 9.97 Å². The van der Waals surface area contributed by atoms with Crippen LogP contribution in [0.1, 0.15) is 53.5 Å². The lowest BCUT2D eigenvalue weighted by Crippen LogP contribution is -2.39. The van der Waals surface area contributed by atoms with Gasteiger partial charge in [0.25, 0.3) is 0 Å². The van der Waals surface area contributed by atoms with Gasteiger partial charge in [0.2, 0.25) is 5.91 Å². The van der Waals surface area contributed by atoms with E-state index in [1.165, 1.54) is 0 Å². The number of nitrogens with zero attached hydrogens (tertiary/aromatic N) is 3. The van der Waals surface area contributed by atoms with Crippen molar-refractivity contribution < 1.29 is 17.4 Å². The number of hydrogen-bond donors (Lipinski definition) is 2. The summed E-state index contributed by atoms with van der Waals surface area (Å²) in [5, 5.41) is 6.44. The number of carbonyl (C=O) groups is 1. The average Bonchev–Trinajstić information content (AvgIpc) is 3.22. The van der Waals surface area contributed by atoms with Crippen LogP contribution in [0.4, 0.5) is 5.82 Å². The van der Waals surface area contributed by atoms with Gasteiger partial charge in [0.1, 0.15) is 5.82 Å². The summed E-state index contributed by atoms with van der Waals surface area (Å²) >= 11 is 0. The van der Waals surface area contributed by atoms with Gasteiger partial charge >= 0.3 is 0 Å². The van der Waals surface area contributed by atoms with E-state index in [9.17, 15) is 4.79 Å². The van der Waals surface area contributed by atoms with Gasteiger partial charge < -0.3 is 15.1 Å². The third-order valence-electron chi connectivity index (χ3n) is 5.23. The Bertz CT molecular complexity index is 1190. The number of nitrogens with one attached hydrogen (secondary N) is 2. The highest BCUT2D eigenvalue weighted by molar-refractivity contribution is 5.94. The topological polar surface area (TPSA) is 92.9 Å². The summed E-state index contributed by atoms with van der Waals surface area (Å²) in [7, 11) is 0. The molecular formula is C22H27N5O2. The molecule has 1 fully saturated rings. The lowest BCUT2D eigenvalue weighted by atomic mass is 9.85. The minimum atomic E-state index is -2.64. The van der Waals surface area contributed by atoms with E-state index >= 15 is 0 Å². The first-order valence-electron chi connectivity index (χ1n) is 12.7. The van der Waals surface area contributed by atoms with Crippen LogP contribution in [-0.4, -0.2) is 32.9 Å². The molecule has 1 saturated carbocycles. The Hall–Kier alpha value is -2.80. The Morgan fingerprint density at radius 1 is 1.14 bits per heavy atom. The molecule has 1 aliphatic rings. The van der Waals surface area contributed by atoms with Gasteiger partial charge in [0.15, 0.2) is 11.7 Å². The lowest BCUT2D eigenvalue weighted by molar-refractivity contribution is -0.120. The molecule has 7 nitrogen and oxygen atoms in total. The monoisotopic (exact) mass is 399 g/mol. The largest absolute Gasteiger partial charge is 0.441 e. The van der Waals surface area contributed by atoms with Crippen LogP contribution in [0.3, 0.4) is 0 Å². The molecule has 0 aromatic carbocycles. The molecule has 3 aromatic rings. The molecule has 7 heteroatoms. The summed E-state index contributed by atoms with van der Waals surface area (Å²) in [5.74, 6) is 1.11. The Balaban J connectivity index is 1.38. The average molecular weight is 400 g/mol. The van der Waals surface area contributed by atoms with E-state index in [0.717, 1.165) is 10.9 Å². The van der Waals surface area contributed by atoms with Crippen LogP contribution < -0.4 is 10.6 Å². The van der Waals surface area contributed by atoms with Gasteiger partial charge in [-0.2, -0.15) is 0 Å². The zero-order valence-electron chi connectivity index (χ0n) is 22.1. The number of aryl methyl sites for hydroxylation is 1. The van der Waals surface area contributed by atoms with E-state index in [1.807, 2.05) is 6.07 Å². The molecule has 0 bridgehead atoms. The fraction of sp³-hybridized carbons (Fsp3) is 0.455. The number of fused-ring (bicyclic) bond motifs is 1. The minimum absolute atomic E-state index is 0.173. The molecule has 1 amide bonds. The van der Waals surface area contributed by atoms with Crippen LogP contribution in [-0.2, 0) is 4.79 Å². The van der Waals surface area contributed by atoms with E-state index in [4.69, 9.17) is 12.6 Å². The molecule has 4 rings (SSSR count). The molecule has 3 aromatic heterocycles. The summed E-state index contributed by atoms with van der Waals surface area (Å²) in [5.41, 5.74) is 1.44. The van der Waals surface area contributed by atoms with Crippen LogP contribution in [0.25, 0.3) is 22.2 Å². The maximum absolute atomic E-state index is 12.9. The zero-order valence-corrected chi connectivity index (χ0v) is 16.1. The van der Waals surface area contributed by atoms with Crippen LogP contribution in [0.15, 0.2) is 35.1 Å². The Labute approximate surface area is 178 Å². The highest BCUT2D eigenvalue weighted by Gasteiger charge is 2.26. The summed E-state index contributed by atoms with van der Waals surface area (Å²) in [6.45, 7) is -3.51. The van der Waals surface area contributed by atoms with Crippen molar-refractivity contribution in [2.75, 3.05) is 5.32 Å². The molecule has 1 aliphatic carbocycles. The Morgan fingerprint density at radius 3 is 2.69 bits per heavy atom. The smallest absolute Gasteiger partial charge is 0.228 e. The molecule has 0 atom stereocenters. The summed E-state index contributed by atoms with van der Waals surface area (Å²) in [4.78, 5) is 25.6. The number of oxazole rings is 1. The van der Waals surface area contributed by atoms with Crippen molar-refractivity contribution in [3.8, 4) is 11.3 Å². The van der Waals surface area contributed by atoms with Crippen molar-refractivity contribution in [1.82, 2.24) is 20.3 Å². The molecule has 0 saturated heterocycles. The van der Waals surface area contributed by atoms with Crippen molar-refractivity contribution in [3.63, 3.8) is 0 Å². The number of carbonyl (C=O) groups excluding carboxylic acids is 1. The molecule has 152 valence electrons. The zero-order chi connectivity index (χ0) is 25.4. The third kappa shape index (κ3) is 4.62. The summed E-state index contributed by atoms with van der Waals surface area (Å²) in [6, 6.07) is 1.78. The molecule has 2 N–H and O–H groups in total. The van der Waals surface area contributed by atoms with Crippen molar-refractivity contribution in [3.05, 3.63) is 36.6 Å². The molecule has 3 heterocycles. The number of pyridine rings is 2. The van der Waals surface area contributed by atoms with Gasteiger partial charge in [-0.05, 0) is 37.8 Å². The van der Waals surface area contributed by atoms with Gasteiger partial charge in [0.05, 0.1) is 17.9 Å². The molecule has 0 radical (unpaired) electrons. The van der Waals surface area contributed by atoms with Crippen molar-refractivity contribution >= 4 is 22.6 Å². The highest BCUT2D eigenvalue weighted by Crippen LogP contribution is 2.27. The van der Waals surface area contributed by atoms with Crippen LogP contribution >= 0.6 is 0 Å². The van der Waals surface area contributed by atoms with Crippen LogP contribution in [0, 0.1) is 12.8 Å². The number of anilines is 1. The molecule has 0 aliphatic heterocycles. The van der Waals surface area contributed by atoms with Gasteiger partial charge in [-0.3, -0.25) is 9.78 Å². The standard InChI is InChI=1S/C22H27N5O2/c1-13(2)26-18-6-4-15(5-7-18)22(28)27-21-9-16-8-17(10-24-19(16)11-25-21)20-12-23-14(3)29-20/h8-13,15,18,26H,4-7H2,1-3H3,(H,25,27,28)/t15-,18-/i1D3,2D3. The fourth-order valence-electron chi connectivity index (χ4n) is 3.72. The van der Waals surface area contributed by atoms with Crippen molar-refractivity contribution in [2.24, 2.45) is 5.92 Å². The highest BCUT2D eigenvalue weighted by atomic mass is 16.4. The van der Waals surface area contributed by atoms with E-state index in [0.29, 0.717) is 48.7 Å². The maximum Gasteiger partial charge on any atom is 0.228 e. The molecule has 29 heavy (non-hydrogen) atoms. The number of aromatic nitrogens is 3. The third-order valence-corrected chi connectivity index (χ3v) is 5.23. The van der Waals surface area contributed by atoms with E-state index in [1.54, 1.807) is 31.6 Å². The molecular weight excluding hydrogens is 366 g/mol. The van der Waals surface area contributed by atoms with Gasteiger partial charge in [0, 0.05) is 50.3 Å². The molecule has 0 unspecified atom stereocenters. The van der Waals surface area contributed by atoms with Crippen LogP contribution in [0.5, 0.6) is 0 Å². The molecule has 0 spiro atoms. The minimum Gasteiger partial charge on any atom is -0.441 e. The second-order valence-electron chi connectivity index (χ2n) is 7.37.